The molecule has 106 valence electrons. The number of hydrogen-bond acceptors (Lipinski definition) is 3. The van der Waals surface area contributed by atoms with E-state index in [4.69, 9.17) is 4.55 Å². The molecule has 0 rings (SSSR count). The summed E-state index contributed by atoms with van der Waals surface area (Å²) in [6, 6.07) is 0. The summed E-state index contributed by atoms with van der Waals surface area (Å²) in [6.45, 7) is 2.14. The fraction of sp³-hybridized carbons (Fsp3) is 0.750. The minimum atomic E-state index is -4.01. The molecule has 0 aromatic rings. The monoisotopic (exact) mass is 277 g/mol. The van der Waals surface area contributed by atoms with Crippen molar-refractivity contribution in [3.05, 3.63) is 12.2 Å². The number of allylic oxidation sites excluding steroid dienone is 1. The fourth-order valence-electron chi connectivity index (χ4n) is 1.36. The van der Waals surface area contributed by atoms with E-state index in [0.717, 1.165) is 19.3 Å². The summed E-state index contributed by atoms with van der Waals surface area (Å²) < 4.78 is 29.6. The van der Waals surface area contributed by atoms with Crippen molar-refractivity contribution in [3.63, 3.8) is 0 Å². The smallest absolute Gasteiger partial charge is 0.266 e. The van der Waals surface area contributed by atoms with Crippen LogP contribution in [0.3, 0.4) is 0 Å². The van der Waals surface area contributed by atoms with E-state index in [1.165, 1.54) is 30.9 Å². The number of carbonyl (C=O) groups excluding carboxylic acids is 1. The van der Waals surface area contributed by atoms with Crippen LogP contribution >= 0.6 is 0 Å². The molecule has 5 nitrogen and oxygen atoms in total. The molecule has 0 saturated carbocycles. The Labute approximate surface area is 110 Å². The number of hydrogen-bond donors (Lipinski definition) is 1. The van der Waals surface area contributed by atoms with Crippen LogP contribution in [0, 0.1) is 0 Å². The van der Waals surface area contributed by atoms with E-state index in [-0.39, 0.29) is 12.5 Å². The summed E-state index contributed by atoms with van der Waals surface area (Å²) >= 11 is 0. The first kappa shape index (κ1) is 17.1. The normalized spacial score (nSPS) is 11.9. The van der Waals surface area contributed by atoms with E-state index in [9.17, 15) is 13.2 Å². The number of likely N-dealkylation sites (N-methyl/N-ethyl adjacent to an activating group) is 1. The second kappa shape index (κ2) is 9.10. The molecule has 1 N–H and O–H groups in total. The van der Waals surface area contributed by atoms with Crippen LogP contribution in [0.5, 0.6) is 0 Å². The topological polar surface area (TPSA) is 74.7 Å². The lowest BCUT2D eigenvalue weighted by Gasteiger charge is -2.13. The molecule has 0 spiro atoms. The van der Waals surface area contributed by atoms with Gasteiger partial charge in [0.05, 0.1) is 5.75 Å². The maximum absolute atomic E-state index is 11.5. The van der Waals surface area contributed by atoms with Crippen molar-refractivity contribution in [1.82, 2.24) is 4.90 Å². The van der Waals surface area contributed by atoms with Crippen molar-refractivity contribution < 1.29 is 17.8 Å². The molecular formula is C12H23NO4S. The molecule has 6 heteroatoms. The molecule has 0 bridgehead atoms. The van der Waals surface area contributed by atoms with Crippen LogP contribution in [0.15, 0.2) is 12.2 Å². The van der Waals surface area contributed by atoms with Gasteiger partial charge >= 0.3 is 0 Å². The van der Waals surface area contributed by atoms with Gasteiger partial charge in [-0.05, 0) is 18.9 Å². The van der Waals surface area contributed by atoms with Gasteiger partial charge in [0.25, 0.3) is 10.1 Å². The zero-order valence-electron chi connectivity index (χ0n) is 11.1. The van der Waals surface area contributed by atoms with Crippen molar-refractivity contribution in [2.45, 2.75) is 39.0 Å². The van der Waals surface area contributed by atoms with E-state index in [2.05, 4.69) is 6.92 Å². The van der Waals surface area contributed by atoms with Gasteiger partial charge in [0.2, 0.25) is 5.91 Å². The number of amides is 1. The Balaban J connectivity index is 3.83. The van der Waals surface area contributed by atoms with E-state index >= 15 is 0 Å². The second-order valence-electron chi connectivity index (χ2n) is 4.30. The van der Waals surface area contributed by atoms with Crippen molar-refractivity contribution in [1.29, 1.82) is 0 Å². The molecule has 0 aromatic heterocycles. The molecule has 0 radical (unpaired) electrons. The van der Waals surface area contributed by atoms with Gasteiger partial charge in [-0.3, -0.25) is 9.35 Å². The molecular weight excluding hydrogens is 254 g/mol. The molecule has 0 aliphatic carbocycles. The molecule has 0 saturated heterocycles. The van der Waals surface area contributed by atoms with E-state index < -0.39 is 15.9 Å². The average Bonchev–Trinajstić information content (AvgIpc) is 2.29. The molecule has 0 heterocycles. The van der Waals surface area contributed by atoms with Gasteiger partial charge in [-0.1, -0.05) is 32.3 Å². The van der Waals surface area contributed by atoms with E-state index in [1.54, 1.807) is 0 Å². The summed E-state index contributed by atoms with van der Waals surface area (Å²) in [5, 5.41) is 0. The fourth-order valence-corrected chi connectivity index (χ4v) is 1.87. The predicted octanol–water partition coefficient (Wildman–Crippen LogP) is 1.86. The number of carbonyl (C=O) groups is 1. The van der Waals surface area contributed by atoms with Crippen LogP contribution < -0.4 is 0 Å². The van der Waals surface area contributed by atoms with Gasteiger partial charge in [-0.15, -0.1) is 0 Å². The molecule has 0 unspecified atom stereocenters. The van der Waals surface area contributed by atoms with E-state index in [1.807, 2.05) is 6.08 Å². The zero-order chi connectivity index (χ0) is 14.0. The molecule has 0 aliphatic rings. The van der Waals surface area contributed by atoms with Crippen molar-refractivity contribution >= 4 is 16.0 Å². The van der Waals surface area contributed by atoms with Crippen LogP contribution in [0.2, 0.25) is 0 Å². The molecule has 0 atom stereocenters. The van der Waals surface area contributed by atoms with Gasteiger partial charge in [0, 0.05) is 13.6 Å². The molecule has 18 heavy (non-hydrogen) atoms. The summed E-state index contributed by atoms with van der Waals surface area (Å²) in [4.78, 5) is 12.8. The van der Waals surface area contributed by atoms with Crippen molar-refractivity contribution in [2.24, 2.45) is 0 Å². The third-order valence-electron chi connectivity index (χ3n) is 2.55. The highest BCUT2D eigenvalue weighted by Gasteiger charge is 2.09. The summed E-state index contributed by atoms with van der Waals surface area (Å²) in [5.74, 6) is -0.673. The standard InChI is InChI=1S/C12H23NO4S/c1-3-4-5-6-7-8-9-12(14)13(2)10-11-18(15,16)17/h8-9H,3-7,10-11H2,1-2H3,(H,15,16,17)/b9-8+. The number of unbranched alkanes of at least 4 members (excludes halogenated alkanes) is 4. The first-order chi connectivity index (χ1) is 8.37. The third-order valence-corrected chi connectivity index (χ3v) is 3.24. The quantitative estimate of drug-likeness (QED) is 0.396. The van der Waals surface area contributed by atoms with Crippen LogP contribution in [-0.2, 0) is 14.9 Å². The summed E-state index contributed by atoms with van der Waals surface area (Å²) in [7, 11) is -2.50. The van der Waals surface area contributed by atoms with Crippen molar-refractivity contribution in [2.75, 3.05) is 19.3 Å². The lowest BCUT2D eigenvalue weighted by Crippen LogP contribution is -2.30. The first-order valence-corrected chi connectivity index (χ1v) is 7.84. The van der Waals surface area contributed by atoms with Crippen LogP contribution in [-0.4, -0.2) is 43.1 Å². The van der Waals surface area contributed by atoms with Gasteiger partial charge in [0.15, 0.2) is 0 Å². The second-order valence-corrected chi connectivity index (χ2v) is 5.87. The maximum Gasteiger partial charge on any atom is 0.266 e. The van der Waals surface area contributed by atoms with Gasteiger partial charge in [0.1, 0.15) is 0 Å². The van der Waals surface area contributed by atoms with Crippen molar-refractivity contribution in [3.8, 4) is 0 Å². The minimum Gasteiger partial charge on any atom is -0.341 e. The third kappa shape index (κ3) is 10.3. The van der Waals surface area contributed by atoms with Gasteiger partial charge in [-0.2, -0.15) is 8.42 Å². The lowest BCUT2D eigenvalue weighted by atomic mass is 10.1. The Morgan fingerprint density at radius 3 is 2.50 bits per heavy atom. The van der Waals surface area contributed by atoms with Crippen LogP contribution in [0.25, 0.3) is 0 Å². The summed E-state index contributed by atoms with van der Waals surface area (Å²) in [5.41, 5.74) is 0. The lowest BCUT2D eigenvalue weighted by molar-refractivity contribution is -0.124. The van der Waals surface area contributed by atoms with Crippen LogP contribution in [0.1, 0.15) is 39.0 Å². The highest BCUT2D eigenvalue weighted by molar-refractivity contribution is 7.85. The Morgan fingerprint density at radius 2 is 1.94 bits per heavy atom. The Bertz CT molecular complexity index is 362. The maximum atomic E-state index is 11.5. The van der Waals surface area contributed by atoms with Gasteiger partial charge in [-0.25, -0.2) is 0 Å². The number of nitrogens with zero attached hydrogens (tertiary/aromatic N) is 1. The van der Waals surface area contributed by atoms with E-state index in [0.29, 0.717) is 0 Å². The zero-order valence-corrected chi connectivity index (χ0v) is 11.9. The molecule has 0 fully saturated rings. The highest BCUT2D eigenvalue weighted by Crippen LogP contribution is 2.03. The Hall–Kier alpha value is -0.880. The Kier molecular flexibility index (Phi) is 8.66. The average molecular weight is 277 g/mol. The number of rotatable bonds is 9. The first-order valence-electron chi connectivity index (χ1n) is 6.23. The largest absolute Gasteiger partial charge is 0.341 e. The highest BCUT2D eigenvalue weighted by atomic mass is 32.2. The van der Waals surface area contributed by atoms with Crippen LogP contribution in [0.4, 0.5) is 0 Å². The van der Waals surface area contributed by atoms with Gasteiger partial charge < -0.3 is 4.90 Å². The molecule has 0 aromatic carbocycles. The Morgan fingerprint density at radius 1 is 1.28 bits per heavy atom. The minimum absolute atomic E-state index is 0.00214. The predicted molar refractivity (Wildman–Crippen MR) is 72.0 cm³/mol. The molecule has 0 aliphatic heterocycles. The SMILES string of the molecule is CCCCCC/C=C/C(=O)N(C)CCS(=O)(=O)O. The summed E-state index contributed by atoms with van der Waals surface area (Å²) in [6.07, 6.45) is 8.73. The molecule has 1 amide bonds.